The highest BCUT2D eigenvalue weighted by Gasteiger charge is 2.13. The van der Waals surface area contributed by atoms with Gasteiger partial charge in [0.25, 0.3) is 0 Å². The van der Waals surface area contributed by atoms with Crippen LogP contribution >= 0.6 is 24.0 Å². The number of halogens is 1. The minimum atomic E-state index is 0. The summed E-state index contributed by atoms with van der Waals surface area (Å²) >= 11 is 0. The molecule has 170 valence electrons. The number of aryl methyl sites for hydroxylation is 1. The summed E-state index contributed by atoms with van der Waals surface area (Å²) in [5, 5.41) is 6.72. The fourth-order valence-electron chi connectivity index (χ4n) is 3.29. The van der Waals surface area contributed by atoms with E-state index in [1.165, 1.54) is 11.1 Å². The Hall–Kier alpha value is -2.36. The fourth-order valence-corrected chi connectivity index (χ4v) is 3.29. The van der Waals surface area contributed by atoms with E-state index >= 15 is 0 Å². The molecule has 0 atom stereocenters. The molecule has 0 fully saturated rings. The van der Waals surface area contributed by atoms with Crippen molar-refractivity contribution < 1.29 is 18.9 Å². The Morgan fingerprint density at radius 1 is 0.968 bits per heavy atom. The van der Waals surface area contributed by atoms with Gasteiger partial charge in [-0.3, -0.25) is 4.99 Å². The van der Waals surface area contributed by atoms with Crippen LogP contribution in [0.3, 0.4) is 0 Å². The number of methoxy groups -OCH3 is 1. The molecule has 0 radical (unpaired) electrons. The number of aliphatic imine (C=N–C) groups is 1. The number of nitrogens with zero attached hydrogens (tertiary/aromatic N) is 1. The van der Waals surface area contributed by atoms with Crippen molar-refractivity contribution in [1.29, 1.82) is 0 Å². The average molecular weight is 541 g/mol. The first-order valence-electron chi connectivity index (χ1n) is 10.4. The number of ether oxygens (including phenoxy) is 4. The molecule has 31 heavy (non-hydrogen) atoms. The van der Waals surface area contributed by atoms with E-state index in [9.17, 15) is 0 Å². The van der Waals surface area contributed by atoms with Gasteiger partial charge in [0.15, 0.2) is 29.0 Å². The molecule has 1 aliphatic heterocycles. The van der Waals surface area contributed by atoms with Gasteiger partial charge in [0.05, 0.1) is 13.7 Å². The molecule has 0 bridgehead atoms. The Bertz CT molecular complexity index is 861. The van der Waals surface area contributed by atoms with Crippen molar-refractivity contribution in [2.45, 2.75) is 26.2 Å². The van der Waals surface area contributed by atoms with E-state index in [0.29, 0.717) is 13.4 Å². The van der Waals surface area contributed by atoms with Gasteiger partial charge in [0.2, 0.25) is 6.79 Å². The maximum atomic E-state index is 5.65. The molecule has 3 rings (SSSR count). The molecule has 0 spiro atoms. The standard InChI is InChI=1S/C23H31N3O4.HI/c1-4-28-21-14-17(7-9-19(21)27-3)6-5-12-25-23(24-2)26-13-11-18-8-10-20-22(15-18)30-16-29-20;/h7-10,14-15H,4-6,11-13,16H2,1-3H3,(H2,24,25,26);1H. The molecule has 2 N–H and O–H groups in total. The summed E-state index contributed by atoms with van der Waals surface area (Å²) < 4.78 is 21.8. The van der Waals surface area contributed by atoms with Crippen LogP contribution in [-0.2, 0) is 12.8 Å². The molecule has 0 saturated carbocycles. The number of benzene rings is 2. The van der Waals surface area contributed by atoms with Crippen molar-refractivity contribution in [2.24, 2.45) is 4.99 Å². The summed E-state index contributed by atoms with van der Waals surface area (Å²) in [6.45, 7) is 4.52. The molecule has 2 aromatic carbocycles. The van der Waals surface area contributed by atoms with Crippen LogP contribution in [0, 0.1) is 0 Å². The summed E-state index contributed by atoms with van der Waals surface area (Å²) in [4.78, 5) is 4.30. The largest absolute Gasteiger partial charge is 0.493 e. The molecule has 1 aliphatic rings. The van der Waals surface area contributed by atoms with Gasteiger partial charge in [-0.1, -0.05) is 12.1 Å². The van der Waals surface area contributed by atoms with E-state index in [4.69, 9.17) is 18.9 Å². The molecule has 0 amide bonds. The highest BCUT2D eigenvalue weighted by Crippen LogP contribution is 2.32. The minimum Gasteiger partial charge on any atom is -0.493 e. The third-order valence-electron chi connectivity index (χ3n) is 4.83. The predicted octanol–water partition coefficient (Wildman–Crippen LogP) is 3.78. The number of rotatable bonds is 10. The average Bonchev–Trinajstić information content (AvgIpc) is 3.24. The number of hydrogen-bond acceptors (Lipinski definition) is 5. The molecular weight excluding hydrogens is 509 g/mol. The van der Waals surface area contributed by atoms with Crippen LogP contribution in [0.4, 0.5) is 0 Å². The maximum Gasteiger partial charge on any atom is 0.231 e. The van der Waals surface area contributed by atoms with Crippen LogP contribution in [-0.4, -0.2) is 46.6 Å². The third-order valence-corrected chi connectivity index (χ3v) is 4.83. The van der Waals surface area contributed by atoms with E-state index in [2.05, 4.69) is 33.8 Å². The maximum absolute atomic E-state index is 5.65. The van der Waals surface area contributed by atoms with Crippen molar-refractivity contribution in [3.8, 4) is 23.0 Å². The van der Waals surface area contributed by atoms with Crippen LogP contribution in [0.1, 0.15) is 24.5 Å². The van der Waals surface area contributed by atoms with Crippen molar-refractivity contribution in [1.82, 2.24) is 10.6 Å². The SMILES string of the molecule is CCOc1cc(CCCNC(=NC)NCCc2ccc3c(c2)OCO3)ccc1OC.I. The second-order valence-electron chi connectivity index (χ2n) is 6.89. The van der Waals surface area contributed by atoms with Gasteiger partial charge in [0.1, 0.15) is 0 Å². The Balaban J connectivity index is 0.00000341. The summed E-state index contributed by atoms with van der Waals surface area (Å²) in [5.74, 6) is 4.01. The zero-order valence-electron chi connectivity index (χ0n) is 18.4. The Morgan fingerprint density at radius 2 is 1.71 bits per heavy atom. The van der Waals surface area contributed by atoms with Crippen LogP contribution < -0.4 is 29.6 Å². The van der Waals surface area contributed by atoms with Crippen molar-refractivity contribution in [2.75, 3.05) is 40.6 Å². The van der Waals surface area contributed by atoms with Crippen molar-refractivity contribution in [3.63, 3.8) is 0 Å². The van der Waals surface area contributed by atoms with Gasteiger partial charge < -0.3 is 29.6 Å². The van der Waals surface area contributed by atoms with Gasteiger partial charge in [-0.05, 0) is 61.6 Å². The first-order valence-corrected chi connectivity index (χ1v) is 10.4. The lowest BCUT2D eigenvalue weighted by Gasteiger charge is -2.13. The first kappa shape index (κ1) is 24.9. The lowest BCUT2D eigenvalue weighted by atomic mass is 10.1. The number of guanidine groups is 1. The van der Waals surface area contributed by atoms with E-state index in [-0.39, 0.29) is 24.0 Å². The quantitative estimate of drug-likeness (QED) is 0.207. The van der Waals surface area contributed by atoms with Gasteiger partial charge in [-0.15, -0.1) is 24.0 Å². The van der Waals surface area contributed by atoms with E-state index in [1.807, 2.05) is 25.1 Å². The van der Waals surface area contributed by atoms with Crippen LogP contribution in [0.2, 0.25) is 0 Å². The van der Waals surface area contributed by atoms with Crippen molar-refractivity contribution in [3.05, 3.63) is 47.5 Å². The smallest absolute Gasteiger partial charge is 0.231 e. The highest BCUT2D eigenvalue weighted by atomic mass is 127. The van der Waals surface area contributed by atoms with Crippen LogP contribution in [0.25, 0.3) is 0 Å². The number of fused-ring (bicyclic) bond motifs is 1. The summed E-state index contributed by atoms with van der Waals surface area (Å²) in [7, 11) is 3.44. The zero-order valence-corrected chi connectivity index (χ0v) is 20.7. The molecule has 7 nitrogen and oxygen atoms in total. The van der Waals surface area contributed by atoms with Gasteiger partial charge in [0, 0.05) is 20.1 Å². The van der Waals surface area contributed by atoms with Crippen molar-refractivity contribution >= 4 is 29.9 Å². The third kappa shape index (κ3) is 7.37. The fraction of sp³-hybridized carbons (Fsp3) is 0.435. The highest BCUT2D eigenvalue weighted by molar-refractivity contribution is 14.0. The molecule has 0 unspecified atom stereocenters. The molecule has 1 heterocycles. The molecule has 0 aliphatic carbocycles. The second kappa shape index (κ2) is 13.1. The monoisotopic (exact) mass is 541 g/mol. The summed E-state index contributed by atoms with van der Waals surface area (Å²) in [6, 6.07) is 12.2. The molecule has 8 heteroatoms. The minimum absolute atomic E-state index is 0. The Kier molecular flexibility index (Phi) is 10.6. The predicted molar refractivity (Wildman–Crippen MR) is 134 cm³/mol. The normalized spacial score (nSPS) is 12.2. The van der Waals surface area contributed by atoms with Crippen LogP contribution in [0.15, 0.2) is 41.4 Å². The molecular formula is C23H32IN3O4. The Morgan fingerprint density at radius 3 is 2.48 bits per heavy atom. The number of hydrogen-bond donors (Lipinski definition) is 2. The topological polar surface area (TPSA) is 73.3 Å². The van der Waals surface area contributed by atoms with Gasteiger partial charge in [-0.25, -0.2) is 0 Å². The molecule has 0 saturated heterocycles. The summed E-state index contributed by atoms with van der Waals surface area (Å²) in [5.41, 5.74) is 2.43. The second-order valence-corrected chi connectivity index (χ2v) is 6.89. The van der Waals surface area contributed by atoms with E-state index < -0.39 is 0 Å². The van der Waals surface area contributed by atoms with E-state index in [1.54, 1.807) is 14.2 Å². The molecule has 0 aromatic heterocycles. The summed E-state index contributed by atoms with van der Waals surface area (Å²) in [6.07, 6.45) is 2.81. The van der Waals surface area contributed by atoms with Crippen LogP contribution in [0.5, 0.6) is 23.0 Å². The molecule has 2 aromatic rings. The lowest BCUT2D eigenvalue weighted by molar-refractivity contribution is 0.174. The first-order chi connectivity index (χ1) is 14.7. The lowest BCUT2D eigenvalue weighted by Crippen LogP contribution is -2.38. The van der Waals surface area contributed by atoms with Gasteiger partial charge in [-0.2, -0.15) is 0 Å². The zero-order chi connectivity index (χ0) is 21.2. The van der Waals surface area contributed by atoms with Gasteiger partial charge >= 0.3 is 0 Å². The number of nitrogens with one attached hydrogen (secondary N) is 2. The van der Waals surface area contributed by atoms with E-state index in [0.717, 1.165) is 61.3 Å². The Labute approximate surface area is 201 Å².